The first-order chi connectivity index (χ1) is 21.2. The van der Waals surface area contributed by atoms with Gasteiger partial charge >= 0.3 is 17.9 Å². The zero-order valence-electron chi connectivity index (χ0n) is 23.6. The molecule has 0 spiro atoms. The number of benzene rings is 1. The van der Waals surface area contributed by atoms with Gasteiger partial charge in [0.05, 0.1) is 31.3 Å². The summed E-state index contributed by atoms with van der Waals surface area (Å²) in [5.41, 5.74) is 5.16. The van der Waals surface area contributed by atoms with Crippen LogP contribution >= 0.6 is 0 Å². The lowest BCUT2D eigenvalue weighted by Gasteiger charge is -2.23. The molecule has 16 nitrogen and oxygen atoms in total. The Morgan fingerprint density at radius 3 is 2.47 bits per heavy atom. The van der Waals surface area contributed by atoms with Gasteiger partial charge in [0.2, 0.25) is 17.6 Å². The molecule has 238 valence electrons. The Balaban J connectivity index is 0.000000360. The lowest BCUT2D eigenvalue weighted by atomic mass is 9.96. The van der Waals surface area contributed by atoms with Gasteiger partial charge in [0, 0.05) is 42.4 Å². The van der Waals surface area contributed by atoms with Crippen LogP contribution in [0.2, 0.25) is 0 Å². The first kappa shape index (κ1) is 33.8. The number of likely N-dealkylation sites (N-methyl/N-ethyl adjacent to an activating group) is 1. The Morgan fingerprint density at radius 1 is 1.16 bits per heavy atom. The smallest absolute Gasteiger partial charge is 0.336 e. The molecule has 17 heteroatoms. The van der Waals surface area contributed by atoms with Gasteiger partial charge in [0.25, 0.3) is 0 Å². The third-order valence-electron chi connectivity index (χ3n) is 6.21. The van der Waals surface area contributed by atoms with Gasteiger partial charge in [-0.3, -0.25) is 19.2 Å². The lowest BCUT2D eigenvalue weighted by molar-refractivity contribution is -0.170. The van der Waals surface area contributed by atoms with Gasteiger partial charge in [-0.05, 0) is 24.3 Å². The number of nitrogens with one attached hydrogen (secondary N) is 3. The van der Waals surface area contributed by atoms with Crippen LogP contribution in [0.25, 0.3) is 0 Å². The maximum absolute atomic E-state index is 14.4. The zero-order valence-corrected chi connectivity index (χ0v) is 23.6. The molecule has 1 unspecified atom stereocenters. The number of rotatable bonds is 10. The van der Waals surface area contributed by atoms with E-state index in [-0.39, 0.29) is 29.1 Å². The molecule has 1 amide bonds. The highest BCUT2D eigenvalue weighted by atomic mass is 19.1. The number of allylic oxidation sites excluding steroid dienone is 4. The number of nitrogens with zero attached hydrogens (tertiary/aromatic N) is 2. The quantitative estimate of drug-likeness (QED) is 0.171. The highest BCUT2D eigenvalue weighted by molar-refractivity contribution is 6.15. The van der Waals surface area contributed by atoms with Crippen LogP contribution in [0.5, 0.6) is 5.75 Å². The number of carbonyl (C=O) groups is 5. The van der Waals surface area contributed by atoms with Gasteiger partial charge in [-0.25, -0.2) is 14.2 Å². The molecule has 2 aliphatic rings. The number of amides is 1. The number of ketones is 1. The Bertz CT molecular complexity index is 1590. The fraction of sp³-hybridized carbons (Fsp3) is 0.250. The van der Waals surface area contributed by atoms with Crippen molar-refractivity contribution in [3.8, 4) is 5.75 Å². The van der Waals surface area contributed by atoms with E-state index in [1.54, 1.807) is 24.3 Å². The summed E-state index contributed by atoms with van der Waals surface area (Å²) in [6.07, 6.45) is 5.25. The number of hydrogen-bond acceptors (Lipinski definition) is 12. The van der Waals surface area contributed by atoms with Gasteiger partial charge in [0.1, 0.15) is 5.75 Å². The molecule has 0 bridgehead atoms. The number of nitrogens with two attached hydrogens (primary N) is 1. The molecule has 1 aliphatic carbocycles. The minimum absolute atomic E-state index is 0.0149. The highest BCUT2D eigenvalue weighted by Gasteiger charge is 2.40. The molecule has 2 heterocycles. The maximum atomic E-state index is 14.4. The minimum atomic E-state index is -2.74. The summed E-state index contributed by atoms with van der Waals surface area (Å²) >= 11 is 0. The predicted octanol–water partition coefficient (Wildman–Crippen LogP) is 1.00. The summed E-state index contributed by atoms with van der Waals surface area (Å²) in [4.78, 5) is 62.7. The van der Waals surface area contributed by atoms with Crippen molar-refractivity contribution in [1.29, 1.82) is 0 Å². The molecule has 1 atom stereocenters. The molecule has 1 aromatic heterocycles. The number of carboxylic acid groups (broad SMARTS) is 3. The summed E-state index contributed by atoms with van der Waals surface area (Å²) in [5.74, 6) is -5.86. The number of halogens is 1. The number of carboxylic acids is 3. The van der Waals surface area contributed by atoms with E-state index >= 15 is 0 Å². The predicted molar refractivity (Wildman–Crippen MR) is 154 cm³/mol. The summed E-state index contributed by atoms with van der Waals surface area (Å²) in [6.45, 7) is 0.556. The molecule has 2 aromatic rings. The highest BCUT2D eigenvalue weighted by Crippen LogP contribution is 2.33. The second kappa shape index (κ2) is 14.7. The number of Topliss-reactive ketones (excluding diaryl/α,β-unsaturated/α-hetero) is 1. The molecule has 4 rings (SSSR count). The lowest BCUT2D eigenvalue weighted by Crippen LogP contribution is -2.42. The van der Waals surface area contributed by atoms with Crippen LogP contribution in [0.1, 0.15) is 30.9 Å². The number of aliphatic carboxylic acids is 3. The van der Waals surface area contributed by atoms with Gasteiger partial charge in [0.15, 0.2) is 17.2 Å². The Morgan fingerprint density at radius 2 is 1.84 bits per heavy atom. The van der Waals surface area contributed by atoms with Crippen LogP contribution in [0.15, 0.2) is 60.0 Å². The van der Waals surface area contributed by atoms with E-state index in [9.17, 15) is 28.4 Å². The first-order valence-corrected chi connectivity index (χ1v) is 13.1. The first-order valence-electron chi connectivity index (χ1n) is 13.1. The van der Waals surface area contributed by atoms with Gasteiger partial charge in [-0.2, -0.15) is 4.98 Å². The average Bonchev–Trinajstić information content (AvgIpc) is 2.96. The summed E-state index contributed by atoms with van der Waals surface area (Å²) in [7, 11) is 1.47. The standard InChI is InChI=1S/C22H21FN6O3.C6H8O7/c1-25-19(30)9-12-3-2-4-17(20(12)31)28-22-26-11-15(23)21(29-22)27-13-5-6-18-14(10-13)16(24)7-8-32-18;7-3(8)1-6(13,5(11)12)2-4(9)10/h2-6,9-11,16H,7-8,24H2,1H3,(H,25,30)(H2,26,27,28,29);13H,1-2H2,(H,7,8)(H,9,10)(H,11,12). The van der Waals surface area contributed by atoms with Crippen molar-refractivity contribution in [3.05, 3.63) is 71.4 Å². The Hall–Kier alpha value is -5.68. The van der Waals surface area contributed by atoms with Gasteiger partial charge in [-0.15, -0.1) is 0 Å². The second-order valence-electron chi connectivity index (χ2n) is 9.60. The SMILES string of the molecule is CNC(=O)C=C1C=CC=C(Nc2ncc(F)c(Nc3ccc4c(c3)C(N)CCO4)n2)C1=O.O=C(O)CC(O)(CC(=O)O)C(=O)O. The van der Waals surface area contributed by atoms with Gasteiger partial charge in [-0.1, -0.05) is 12.2 Å². The Kier molecular flexibility index (Phi) is 11.0. The van der Waals surface area contributed by atoms with Gasteiger partial charge < -0.3 is 46.8 Å². The molecule has 9 N–H and O–H groups in total. The average molecular weight is 629 g/mol. The van der Waals surface area contributed by atoms with Crippen molar-refractivity contribution >= 4 is 47.1 Å². The molecule has 1 aliphatic heterocycles. The van der Waals surface area contributed by atoms with Crippen LogP contribution in [-0.2, 0) is 24.0 Å². The molecule has 45 heavy (non-hydrogen) atoms. The van der Waals surface area contributed by atoms with Crippen molar-refractivity contribution in [2.75, 3.05) is 24.3 Å². The van der Waals surface area contributed by atoms with E-state index in [0.717, 1.165) is 11.8 Å². The number of aromatic nitrogens is 2. The van der Waals surface area contributed by atoms with Crippen LogP contribution in [0.3, 0.4) is 0 Å². The van der Waals surface area contributed by atoms with E-state index in [4.69, 9.17) is 30.9 Å². The summed E-state index contributed by atoms with van der Waals surface area (Å²) < 4.78 is 19.9. The molecule has 0 fully saturated rings. The van der Waals surface area contributed by atoms with Crippen LogP contribution in [-0.4, -0.2) is 79.2 Å². The molecular weight excluding hydrogens is 599 g/mol. The van der Waals surface area contributed by atoms with Crippen molar-refractivity contribution in [3.63, 3.8) is 0 Å². The number of carbonyl (C=O) groups excluding carboxylic acids is 2. The second-order valence-corrected chi connectivity index (χ2v) is 9.60. The molecule has 1 aromatic carbocycles. The normalized spacial score (nSPS) is 16.3. The van der Waals surface area contributed by atoms with Crippen molar-refractivity contribution in [1.82, 2.24) is 15.3 Å². The third kappa shape index (κ3) is 9.15. The summed E-state index contributed by atoms with van der Waals surface area (Å²) in [5, 5.41) is 41.9. The molecular formula is C28H29FN6O10. The molecule has 0 saturated carbocycles. The van der Waals surface area contributed by atoms with E-state index in [0.29, 0.717) is 24.5 Å². The molecule has 0 radical (unpaired) electrons. The minimum Gasteiger partial charge on any atom is -0.493 e. The third-order valence-corrected chi connectivity index (χ3v) is 6.21. The Labute approximate surface area is 254 Å². The number of fused-ring (bicyclic) bond motifs is 1. The summed E-state index contributed by atoms with van der Waals surface area (Å²) in [6, 6.07) is 5.14. The topological polar surface area (TPSA) is 263 Å². The molecule has 0 saturated heterocycles. The number of aliphatic hydroxyl groups is 1. The number of ether oxygens (including phenoxy) is 1. The van der Waals surface area contributed by atoms with Crippen LogP contribution in [0, 0.1) is 5.82 Å². The fourth-order valence-electron chi connectivity index (χ4n) is 3.97. The van der Waals surface area contributed by atoms with Crippen LogP contribution in [0.4, 0.5) is 21.8 Å². The van der Waals surface area contributed by atoms with E-state index in [2.05, 4.69) is 25.9 Å². The van der Waals surface area contributed by atoms with E-state index in [1.807, 2.05) is 0 Å². The largest absolute Gasteiger partial charge is 0.493 e. The van der Waals surface area contributed by atoms with Crippen molar-refractivity contribution in [2.24, 2.45) is 5.73 Å². The fourth-order valence-corrected chi connectivity index (χ4v) is 3.97. The van der Waals surface area contributed by atoms with Crippen molar-refractivity contribution < 1.29 is 53.5 Å². The van der Waals surface area contributed by atoms with Crippen LogP contribution < -0.4 is 26.4 Å². The van der Waals surface area contributed by atoms with E-state index in [1.165, 1.54) is 25.3 Å². The maximum Gasteiger partial charge on any atom is 0.336 e. The number of hydrogen-bond donors (Lipinski definition) is 8. The number of anilines is 3. The van der Waals surface area contributed by atoms with E-state index < -0.39 is 53.9 Å². The monoisotopic (exact) mass is 628 g/mol. The zero-order chi connectivity index (χ0) is 33.3. The van der Waals surface area contributed by atoms with Crippen molar-refractivity contribution in [2.45, 2.75) is 30.9 Å².